The Morgan fingerprint density at radius 2 is 2.40 bits per heavy atom. The molecule has 0 amide bonds. The van der Waals surface area contributed by atoms with Crippen LogP contribution in [0.15, 0.2) is 12.7 Å². The fraction of sp³-hybridized carbons (Fsp3) is 0.571. The van der Waals surface area contributed by atoms with Gasteiger partial charge in [-0.05, 0) is 13.3 Å². The molecule has 0 aliphatic heterocycles. The summed E-state index contributed by atoms with van der Waals surface area (Å²) in [5.74, 6) is -0.323. The summed E-state index contributed by atoms with van der Waals surface area (Å²) in [6.45, 7) is 5.20. The zero-order chi connectivity index (χ0) is 8.20. The van der Waals surface area contributed by atoms with Crippen LogP contribution in [0.4, 0.5) is 0 Å². The fourth-order valence-corrected chi connectivity index (χ4v) is 0.805. The molecule has 0 saturated carbocycles. The number of hydrogen-bond donors (Lipinski definition) is 1. The van der Waals surface area contributed by atoms with Crippen LogP contribution in [0.25, 0.3) is 0 Å². The minimum absolute atomic E-state index is 0.323. The van der Waals surface area contributed by atoms with Gasteiger partial charge in [0.25, 0.3) is 0 Å². The van der Waals surface area contributed by atoms with Crippen molar-refractivity contribution in [3.05, 3.63) is 12.7 Å². The lowest BCUT2D eigenvalue weighted by molar-refractivity contribution is -0.142. The number of carbonyl (C=O) groups is 1. The zero-order valence-electron chi connectivity index (χ0n) is 6.26. The Kier molecular flexibility index (Phi) is 3.50. The highest BCUT2D eigenvalue weighted by molar-refractivity contribution is 7.82. The highest BCUT2D eigenvalue weighted by Crippen LogP contribution is 2.19. The quantitative estimate of drug-likeness (QED) is 0.384. The fourth-order valence-electron chi connectivity index (χ4n) is 0.584. The summed E-state index contributed by atoms with van der Waals surface area (Å²) < 4.78 is 3.78. The number of allylic oxidation sites excluding steroid dienone is 1. The van der Waals surface area contributed by atoms with E-state index in [0.29, 0.717) is 6.42 Å². The summed E-state index contributed by atoms with van der Waals surface area (Å²) >= 11 is 4.10. The van der Waals surface area contributed by atoms with E-state index >= 15 is 0 Å². The first-order valence-corrected chi connectivity index (χ1v) is 3.41. The van der Waals surface area contributed by atoms with E-state index in [4.69, 9.17) is 0 Å². The highest BCUT2D eigenvalue weighted by Gasteiger charge is 2.27. The van der Waals surface area contributed by atoms with E-state index in [1.54, 1.807) is 13.0 Å². The maximum Gasteiger partial charge on any atom is 0.321 e. The minimum Gasteiger partial charge on any atom is -0.468 e. The molecule has 10 heavy (non-hydrogen) atoms. The van der Waals surface area contributed by atoms with Gasteiger partial charge in [-0.2, -0.15) is 12.6 Å². The summed E-state index contributed by atoms with van der Waals surface area (Å²) in [6.07, 6.45) is 2.16. The Balaban J connectivity index is 4.08. The van der Waals surface area contributed by atoms with Crippen molar-refractivity contribution in [1.29, 1.82) is 0 Å². The van der Waals surface area contributed by atoms with Crippen molar-refractivity contribution < 1.29 is 9.53 Å². The SMILES string of the molecule is C=CCC(C)(S)C(=O)OC. The molecule has 0 aromatic heterocycles. The van der Waals surface area contributed by atoms with Gasteiger partial charge in [-0.3, -0.25) is 4.79 Å². The van der Waals surface area contributed by atoms with Crippen LogP contribution in [-0.2, 0) is 9.53 Å². The van der Waals surface area contributed by atoms with Gasteiger partial charge < -0.3 is 4.74 Å². The molecule has 0 saturated heterocycles. The second-order valence-electron chi connectivity index (χ2n) is 2.26. The summed E-state index contributed by atoms with van der Waals surface area (Å²) in [5.41, 5.74) is 0. The molecule has 0 bridgehead atoms. The monoisotopic (exact) mass is 160 g/mol. The van der Waals surface area contributed by atoms with Crippen molar-refractivity contribution in [2.45, 2.75) is 18.1 Å². The van der Waals surface area contributed by atoms with E-state index in [9.17, 15) is 4.79 Å². The van der Waals surface area contributed by atoms with Gasteiger partial charge >= 0.3 is 5.97 Å². The van der Waals surface area contributed by atoms with Crippen LogP contribution in [0.1, 0.15) is 13.3 Å². The van der Waals surface area contributed by atoms with Crippen molar-refractivity contribution in [2.75, 3.05) is 7.11 Å². The third-order valence-corrected chi connectivity index (χ3v) is 1.53. The molecule has 2 nitrogen and oxygen atoms in total. The second kappa shape index (κ2) is 3.66. The van der Waals surface area contributed by atoms with Crippen molar-refractivity contribution >= 4 is 18.6 Å². The molecule has 0 aliphatic rings. The average Bonchev–Trinajstić information content (AvgIpc) is 1.86. The van der Waals surface area contributed by atoms with Crippen LogP contribution < -0.4 is 0 Å². The summed E-state index contributed by atoms with van der Waals surface area (Å²) in [4.78, 5) is 10.9. The van der Waals surface area contributed by atoms with Crippen molar-refractivity contribution in [1.82, 2.24) is 0 Å². The lowest BCUT2D eigenvalue weighted by atomic mass is 10.1. The minimum atomic E-state index is -0.726. The number of esters is 1. The van der Waals surface area contributed by atoms with Gasteiger partial charge in [0.05, 0.1) is 7.11 Å². The maximum atomic E-state index is 10.9. The third-order valence-electron chi connectivity index (χ3n) is 1.17. The maximum absolute atomic E-state index is 10.9. The van der Waals surface area contributed by atoms with Gasteiger partial charge in [0.15, 0.2) is 0 Å². The molecule has 0 spiro atoms. The molecule has 0 aliphatic carbocycles. The lowest BCUT2D eigenvalue weighted by Crippen LogP contribution is -2.29. The van der Waals surface area contributed by atoms with Crippen molar-refractivity contribution in [3.63, 3.8) is 0 Å². The number of hydrogen-bond acceptors (Lipinski definition) is 3. The van der Waals surface area contributed by atoms with Crippen LogP contribution in [-0.4, -0.2) is 17.8 Å². The normalized spacial score (nSPS) is 15.5. The van der Waals surface area contributed by atoms with Crippen LogP contribution in [0, 0.1) is 0 Å². The van der Waals surface area contributed by atoms with Gasteiger partial charge in [-0.25, -0.2) is 0 Å². The van der Waals surface area contributed by atoms with Gasteiger partial charge in [0.2, 0.25) is 0 Å². The van der Waals surface area contributed by atoms with Crippen molar-refractivity contribution in [3.8, 4) is 0 Å². The first kappa shape index (κ1) is 9.56. The predicted molar refractivity (Wildman–Crippen MR) is 44.2 cm³/mol. The molecule has 0 N–H and O–H groups in total. The summed E-state index contributed by atoms with van der Waals surface area (Å²) in [7, 11) is 1.35. The van der Waals surface area contributed by atoms with Crippen LogP contribution in [0.5, 0.6) is 0 Å². The first-order valence-electron chi connectivity index (χ1n) is 2.96. The topological polar surface area (TPSA) is 26.3 Å². The van der Waals surface area contributed by atoms with E-state index in [-0.39, 0.29) is 5.97 Å². The van der Waals surface area contributed by atoms with E-state index in [1.807, 2.05) is 0 Å². The number of rotatable bonds is 3. The van der Waals surface area contributed by atoms with E-state index in [1.165, 1.54) is 7.11 Å². The van der Waals surface area contributed by atoms with Gasteiger partial charge in [0, 0.05) is 0 Å². The lowest BCUT2D eigenvalue weighted by Gasteiger charge is -2.17. The Morgan fingerprint density at radius 3 is 2.70 bits per heavy atom. The average molecular weight is 160 g/mol. The molecule has 0 rings (SSSR count). The molecule has 0 aromatic carbocycles. The number of methoxy groups -OCH3 is 1. The molecule has 58 valence electrons. The van der Waals surface area contributed by atoms with Crippen molar-refractivity contribution in [2.24, 2.45) is 0 Å². The molecular formula is C7H12O2S. The highest BCUT2D eigenvalue weighted by atomic mass is 32.1. The molecule has 3 heteroatoms. The standard InChI is InChI=1S/C7H12O2S/c1-4-5-7(2,10)6(8)9-3/h4,10H,1,5H2,2-3H3. The van der Waals surface area contributed by atoms with Crippen LogP contribution >= 0.6 is 12.6 Å². The smallest absolute Gasteiger partial charge is 0.321 e. The Labute approximate surface area is 66.7 Å². The van der Waals surface area contributed by atoms with Gasteiger partial charge in [-0.15, -0.1) is 6.58 Å². The van der Waals surface area contributed by atoms with Gasteiger partial charge in [-0.1, -0.05) is 6.08 Å². The zero-order valence-corrected chi connectivity index (χ0v) is 7.15. The number of carbonyl (C=O) groups excluding carboxylic acids is 1. The Hall–Kier alpha value is -0.440. The summed E-state index contributed by atoms with van der Waals surface area (Å²) in [6, 6.07) is 0. The second-order valence-corrected chi connectivity index (χ2v) is 3.25. The first-order chi connectivity index (χ1) is 4.54. The molecule has 0 aromatic rings. The van der Waals surface area contributed by atoms with Crippen LogP contribution in [0.3, 0.4) is 0 Å². The number of ether oxygens (including phenoxy) is 1. The number of thiol groups is 1. The molecule has 1 atom stereocenters. The Bertz CT molecular complexity index is 141. The third kappa shape index (κ3) is 2.43. The largest absolute Gasteiger partial charge is 0.468 e. The molecule has 0 fully saturated rings. The summed E-state index contributed by atoms with van der Waals surface area (Å²) in [5, 5.41) is 0. The molecular weight excluding hydrogens is 148 g/mol. The molecule has 0 heterocycles. The van der Waals surface area contributed by atoms with E-state index in [2.05, 4.69) is 23.9 Å². The van der Waals surface area contributed by atoms with Crippen LogP contribution in [0.2, 0.25) is 0 Å². The molecule has 1 unspecified atom stereocenters. The van der Waals surface area contributed by atoms with E-state index in [0.717, 1.165) is 0 Å². The van der Waals surface area contributed by atoms with E-state index < -0.39 is 4.75 Å². The Morgan fingerprint density at radius 1 is 1.90 bits per heavy atom. The predicted octanol–water partition coefficient (Wildman–Crippen LogP) is 1.42. The molecule has 0 radical (unpaired) electrons. The van der Waals surface area contributed by atoms with Gasteiger partial charge in [0.1, 0.15) is 4.75 Å².